The fraction of sp³-hybridized carbons (Fsp3) is 0.200. The predicted octanol–water partition coefficient (Wildman–Crippen LogP) is 2.39. The number of nitrogens with zero attached hydrogens (tertiary/aromatic N) is 1. The topological polar surface area (TPSA) is 76.1 Å². The largest absolute Gasteiger partial charge is 0.440 e. The monoisotopic (exact) mass is 224 g/mol. The van der Waals surface area contributed by atoms with E-state index in [1.807, 2.05) is 6.07 Å². The first-order valence-electron chi connectivity index (χ1n) is 4.22. The molecule has 0 radical (unpaired) electrons. The van der Waals surface area contributed by atoms with Crippen LogP contribution in [0.25, 0.3) is 0 Å². The molecule has 78 valence electrons. The lowest BCUT2D eigenvalue weighted by Gasteiger charge is -2.13. The lowest BCUT2D eigenvalue weighted by molar-refractivity contribution is 0.109. The Morgan fingerprint density at radius 1 is 1.67 bits per heavy atom. The summed E-state index contributed by atoms with van der Waals surface area (Å²) in [5.41, 5.74) is 5.55. The molecular formula is C10H9ClN2O2. The maximum Gasteiger partial charge on any atom is 0.405 e. The van der Waals surface area contributed by atoms with Crippen LogP contribution in [-0.2, 0) is 4.74 Å². The summed E-state index contributed by atoms with van der Waals surface area (Å²) in [6.07, 6.45) is -1.52. The number of rotatable bonds is 3. The van der Waals surface area contributed by atoms with E-state index < -0.39 is 12.2 Å². The van der Waals surface area contributed by atoms with Gasteiger partial charge in [-0.15, -0.1) is 0 Å². The van der Waals surface area contributed by atoms with E-state index in [9.17, 15) is 4.79 Å². The summed E-state index contributed by atoms with van der Waals surface area (Å²) in [6, 6.07) is 8.67. The zero-order valence-corrected chi connectivity index (χ0v) is 8.57. The smallest absolute Gasteiger partial charge is 0.405 e. The van der Waals surface area contributed by atoms with Crippen molar-refractivity contribution in [3.63, 3.8) is 0 Å². The van der Waals surface area contributed by atoms with Crippen LogP contribution < -0.4 is 5.73 Å². The number of carbonyl (C=O) groups is 1. The van der Waals surface area contributed by atoms with Gasteiger partial charge in [0.1, 0.15) is 6.10 Å². The first kappa shape index (κ1) is 11.3. The molecule has 1 unspecified atom stereocenters. The number of nitriles is 1. The highest BCUT2D eigenvalue weighted by Crippen LogP contribution is 2.23. The highest BCUT2D eigenvalue weighted by Gasteiger charge is 2.14. The van der Waals surface area contributed by atoms with Crippen molar-refractivity contribution < 1.29 is 9.53 Å². The minimum Gasteiger partial charge on any atom is -0.440 e. The van der Waals surface area contributed by atoms with E-state index in [1.54, 1.807) is 24.3 Å². The Morgan fingerprint density at radius 2 is 2.40 bits per heavy atom. The highest BCUT2D eigenvalue weighted by molar-refractivity contribution is 6.30. The second-order valence-electron chi connectivity index (χ2n) is 2.84. The Morgan fingerprint density at radius 3 is 2.93 bits per heavy atom. The molecule has 0 aliphatic rings. The standard InChI is InChI=1S/C10H9ClN2O2/c11-8-3-1-2-7(6-8)9(4-5-12)15-10(13)14/h1-3,6,9H,4H2,(H2,13,14). The lowest BCUT2D eigenvalue weighted by atomic mass is 10.1. The van der Waals surface area contributed by atoms with Crippen LogP contribution in [-0.4, -0.2) is 6.09 Å². The van der Waals surface area contributed by atoms with Gasteiger partial charge in [-0.1, -0.05) is 23.7 Å². The van der Waals surface area contributed by atoms with Crippen LogP contribution in [0.5, 0.6) is 0 Å². The number of nitrogens with two attached hydrogens (primary N) is 1. The molecule has 0 aromatic heterocycles. The molecule has 1 amide bonds. The second-order valence-corrected chi connectivity index (χ2v) is 3.28. The van der Waals surface area contributed by atoms with Gasteiger partial charge in [-0.05, 0) is 17.7 Å². The summed E-state index contributed by atoms with van der Waals surface area (Å²) in [5, 5.41) is 9.08. The van der Waals surface area contributed by atoms with Crippen molar-refractivity contribution in [3.05, 3.63) is 34.9 Å². The van der Waals surface area contributed by atoms with Crippen molar-refractivity contribution in [1.82, 2.24) is 0 Å². The van der Waals surface area contributed by atoms with Gasteiger partial charge in [0.2, 0.25) is 0 Å². The molecule has 0 saturated heterocycles. The number of hydrogen-bond acceptors (Lipinski definition) is 3. The summed E-state index contributed by atoms with van der Waals surface area (Å²) < 4.78 is 4.79. The summed E-state index contributed by atoms with van der Waals surface area (Å²) in [5.74, 6) is 0. The fourth-order valence-electron chi connectivity index (χ4n) is 1.16. The number of amides is 1. The third-order valence-corrected chi connectivity index (χ3v) is 1.99. The Balaban J connectivity index is 2.89. The van der Waals surface area contributed by atoms with E-state index in [-0.39, 0.29) is 6.42 Å². The molecule has 0 bridgehead atoms. The molecule has 1 rings (SSSR count). The van der Waals surface area contributed by atoms with Gasteiger partial charge in [-0.3, -0.25) is 0 Å². The molecule has 0 saturated carbocycles. The van der Waals surface area contributed by atoms with Gasteiger partial charge >= 0.3 is 6.09 Å². The molecule has 0 heterocycles. The molecule has 15 heavy (non-hydrogen) atoms. The van der Waals surface area contributed by atoms with E-state index in [0.717, 1.165) is 0 Å². The summed E-state index contributed by atoms with van der Waals surface area (Å²) in [7, 11) is 0. The van der Waals surface area contributed by atoms with Crippen molar-refractivity contribution in [3.8, 4) is 6.07 Å². The van der Waals surface area contributed by atoms with Gasteiger partial charge in [0, 0.05) is 5.02 Å². The molecule has 4 nitrogen and oxygen atoms in total. The van der Waals surface area contributed by atoms with Crippen molar-refractivity contribution in [1.29, 1.82) is 5.26 Å². The van der Waals surface area contributed by atoms with E-state index in [2.05, 4.69) is 0 Å². The van der Waals surface area contributed by atoms with Crippen molar-refractivity contribution in [2.24, 2.45) is 5.73 Å². The molecule has 1 atom stereocenters. The average Bonchev–Trinajstić information content (AvgIpc) is 2.16. The molecule has 5 heteroatoms. The van der Waals surface area contributed by atoms with Gasteiger partial charge in [-0.2, -0.15) is 5.26 Å². The quantitative estimate of drug-likeness (QED) is 0.857. The van der Waals surface area contributed by atoms with E-state index in [1.165, 1.54) is 0 Å². The van der Waals surface area contributed by atoms with Crippen LogP contribution in [0.1, 0.15) is 18.1 Å². The van der Waals surface area contributed by atoms with Crippen molar-refractivity contribution >= 4 is 17.7 Å². The fourth-order valence-corrected chi connectivity index (χ4v) is 1.36. The van der Waals surface area contributed by atoms with Gasteiger partial charge in [0.25, 0.3) is 0 Å². The minimum absolute atomic E-state index is 0.0449. The Kier molecular flexibility index (Phi) is 3.95. The normalized spacial score (nSPS) is 11.5. The highest BCUT2D eigenvalue weighted by atomic mass is 35.5. The van der Waals surface area contributed by atoms with Crippen LogP contribution in [0.2, 0.25) is 5.02 Å². The second kappa shape index (κ2) is 5.23. The number of ether oxygens (including phenoxy) is 1. The van der Waals surface area contributed by atoms with Crippen LogP contribution in [0.4, 0.5) is 4.79 Å². The molecule has 0 fully saturated rings. The lowest BCUT2D eigenvalue weighted by Crippen LogP contribution is -2.17. The van der Waals surface area contributed by atoms with E-state index in [0.29, 0.717) is 10.6 Å². The Labute approximate surface area is 92.2 Å². The van der Waals surface area contributed by atoms with Gasteiger partial charge in [0.15, 0.2) is 0 Å². The summed E-state index contributed by atoms with van der Waals surface area (Å²) in [4.78, 5) is 10.6. The third-order valence-electron chi connectivity index (χ3n) is 1.76. The number of hydrogen-bond donors (Lipinski definition) is 1. The van der Waals surface area contributed by atoms with Crippen LogP contribution in [0, 0.1) is 11.3 Å². The maximum atomic E-state index is 10.6. The third kappa shape index (κ3) is 3.49. The Hall–Kier alpha value is -1.73. The minimum atomic E-state index is -0.907. The van der Waals surface area contributed by atoms with E-state index in [4.69, 9.17) is 27.3 Å². The SMILES string of the molecule is N#CCC(OC(N)=O)c1cccc(Cl)c1. The van der Waals surface area contributed by atoms with Crippen LogP contribution in [0.3, 0.4) is 0 Å². The first-order valence-corrected chi connectivity index (χ1v) is 4.60. The number of benzene rings is 1. The molecule has 0 aliphatic carbocycles. The zero-order valence-electron chi connectivity index (χ0n) is 7.81. The predicted molar refractivity (Wildman–Crippen MR) is 55.1 cm³/mol. The van der Waals surface area contributed by atoms with Crippen LogP contribution in [0.15, 0.2) is 24.3 Å². The molecule has 1 aromatic carbocycles. The number of halogens is 1. The average molecular weight is 225 g/mol. The first-order chi connectivity index (χ1) is 7.13. The van der Waals surface area contributed by atoms with Crippen molar-refractivity contribution in [2.45, 2.75) is 12.5 Å². The van der Waals surface area contributed by atoms with Crippen molar-refractivity contribution in [2.75, 3.05) is 0 Å². The van der Waals surface area contributed by atoms with E-state index >= 15 is 0 Å². The van der Waals surface area contributed by atoms with Crippen LogP contribution >= 0.6 is 11.6 Å². The number of primary amides is 1. The summed E-state index contributed by atoms with van der Waals surface area (Å²) in [6.45, 7) is 0. The maximum absolute atomic E-state index is 10.6. The Bertz CT molecular complexity index is 401. The molecule has 0 aliphatic heterocycles. The molecular weight excluding hydrogens is 216 g/mol. The van der Waals surface area contributed by atoms with Gasteiger partial charge < -0.3 is 10.5 Å². The molecule has 2 N–H and O–H groups in total. The number of carbonyl (C=O) groups excluding carboxylic acids is 1. The van der Waals surface area contributed by atoms with Gasteiger partial charge in [-0.25, -0.2) is 4.79 Å². The van der Waals surface area contributed by atoms with Gasteiger partial charge in [0.05, 0.1) is 12.5 Å². The molecule has 1 aromatic rings. The summed E-state index contributed by atoms with van der Waals surface area (Å²) >= 11 is 5.77. The zero-order chi connectivity index (χ0) is 11.3. The molecule has 0 spiro atoms.